The van der Waals surface area contributed by atoms with Gasteiger partial charge < -0.3 is 14.4 Å². The second-order valence-electron chi connectivity index (χ2n) is 8.22. The number of nitro benzene ring substituents is 2. The van der Waals surface area contributed by atoms with E-state index in [-0.39, 0.29) is 27.7 Å². The van der Waals surface area contributed by atoms with Gasteiger partial charge in [-0.1, -0.05) is 18.2 Å². The van der Waals surface area contributed by atoms with Crippen LogP contribution >= 0.6 is 0 Å². The predicted octanol–water partition coefficient (Wildman–Crippen LogP) is 3.60. The highest BCUT2D eigenvalue weighted by atomic mass is 32.2. The maximum absolute atomic E-state index is 12.9. The Morgan fingerprint density at radius 2 is 1.69 bits per heavy atom. The molecule has 3 aromatic rings. The summed E-state index contributed by atoms with van der Waals surface area (Å²) in [7, 11) is -2.80. The van der Waals surface area contributed by atoms with E-state index in [9.17, 15) is 28.6 Å². The molecule has 0 atom stereocenters. The topological polar surface area (TPSA) is 179 Å². The van der Waals surface area contributed by atoms with Crippen molar-refractivity contribution in [3.63, 3.8) is 0 Å². The fourth-order valence-corrected chi connectivity index (χ4v) is 4.96. The average molecular weight is 557 g/mol. The lowest BCUT2D eigenvalue weighted by atomic mass is 10.1. The van der Waals surface area contributed by atoms with Crippen molar-refractivity contribution in [3.8, 4) is 5.75 Å². The predicted molar refractivity (Wildman–Crippen MR) is 144 cm³/mol. The van der Waals surface area contributed by atoms with E-state index in [2.05, 4.69) is 15.2 Å². The average Bonchev–Trinajstić information content (AvgIpc) is 2.93. The second kappa shape index (κ2) is 11.7. The molecule has 0 aromatic heterocycles. The number of benzene rings is 3. The Balaban J connectivity index is 1.54. The van der Waals surface area contributed by atoms with E-state index in [0.29, 0.717) is 37.6 Å². The molecule has 1 aliphatic heterocycles. The van der Waals surface area contributed by atoms with E-state index >= 15 is 0 Å². The molecule has 0 amide bonds. The SMILES string of the molecule is COc1ccccc1NS(=O)(=O)c1ccc(NN=Cc2ccc(N3CCOCC3)c([N+](=O)[O-])c2)c([N+](=O)[O-])c1. The van der Waals surface area contributed by atoms with Gasteiger partial charge in [-0.15, -0.1) is 0 Å². The van der Waals surface area contributed by atoms with Crippen molar-refractivity contribution in [2.45, 2.75) is 4.90 Å². The lowest BCUT2D eigenvalue weighted by molar-refractivity contribution is -0.384. The number of hydrogen-bond donors (Lipinski definition) is 2. The minimum absolute atomic E-state index is 0.0769. The summed E-state index contributed by atoms with van der Waals surface area (Å²) in [4.78, 5) is 23.6. The van der Waals surface area contributed by atoms with E-state index in [1.54, 1.807) is 30.3 Å². The van der Waals surface area contributed by atoms with E-state index < -0.39 is 25.6 Å². The van der Waals surface area contributed by atoms with Gasteiger partial charge in [0, 0.05) is 30.8 Å². The van der Waals surface area contributed by atoms with Crippen LogP contribution in [0.4, 0.5) is 28.4 Å². The van der Waals surface area contributed by atoms with E-state index in [0.717, 1.165) is 6.07 Å². The summed E-state index contributed by atoms with van der Waals surface area (Å²) in [5, 5.41) is 27.3. The van der Waals surface area contributed by atoms with Gasteiger partial charge >= 0.3 is 0 Å². The van der Waals surface area contributed by atoms with Crippen LogP contribution in [0.25, 0.3) is 0 Å². The summed E-state index contributed by atoms with van der Waals surface area (Å²) in [5.41, 5.74) is 2.80. The second-order valence-corrected chi connectivity index (χ2v) is 9.90. The number of anilines is 3. The third-order valence-electron chi connectivity index (χ3n) is 5.77. The minimum atomic E-state index is -4.18. The van der Waals surface area contributed by atoms with Crippen molar-refractivity contribution in [2.75, 3.05) is 48.5 Å². The molecule has 0 aliphatic carbocycles. The van der Waals surface area contributed by atoms with Crippen LogP contribution in [-0.2, 0) is 14.8 Å². The van der Waals surface area contributed by atoms with Gasteiger partial charge in [0.15, 0.2) is 0 Å². The summed E-state index contributed by atoms with van der Waals surface area (Å²) in [6.45, 7) is 2.00. The van der Waals surface area contributed by atoms with Crippen molar-refractivity contribution < 1.29 is 27.7 Å². The number of hydrogen-bond acceptors (Lipinski definition) is 11. The Kier molecular flexibility index (Phi) is 8.21. The number of nitro groups is 2. The molecule has 1 aliphatic rings. The van der Waals surface area contributed by atoms with Crippen LogP contribution < -0.4 is 19.8 Å². The highest BCUT2D eigenvalue weighted by Crippen LogP contribution is 2.32. The fraction of sp³-hybridized carbons (Fsp3) is 0.208. The first-order valence-electron chi connectivity index (χ1n) is 11.5. The molecular formula is C24H24N6O8S. The highest BCUT2D eigenvalue weighted by molar-refractivity contribution is 7.92. The van der Waals surface area contributed by atoms with E-state index in [4.69, 9.17) is 9.47 Å². The Hall–Kier alpha value is -4.76. The molecule has 3 aromatic carbocycles. The lowest BCUT2D eigenvalue weighted by Gasteiger charge is -2.28. The molecule has 4 rings (SSSR count). The van der Waals surface area contributed by atoms with Gasteiger partial charge in [0.2, 0.25) is 0 Å². The first kappa shape index (κ1) is 27.3. The van der Waals surface area contributed by atoms with Crippen LogP contribution in [0.15, 0.2) is 70.7 Å². The fourth-order valence-electron chi connectivity index (χ4n) is 3.87. The number of morpholine rings is 1. The molecule has 39 heavy (non-hydrogen) atoms. The minimum Gasteiger partial charge on any atom is -0.495 e. The first-order valence-corrected chi connectivity index (χ1v) is 13.0. The normalized spacial score (nSPS) is 13.7. The van der Waals surface area contributed by atoms with Gasteiger partial charge in [-0.25, -0.2) is 8.42 Å². The van der Waals surface area contributed by atoms with Crippen LogP contribution in [0.1, 0.15) is 5.56 Å². The number of nitrogens with zero attached hydrogens (tertiary/aromatic N) is 4. The molecule has 14 nitrogen and oxygen atoms in total. The molecule has 0 spiro atoms. The molecule has 15 heteroatoms. The molecule has 0 bridgehead atoms. The number of sulfonamides is 1. The van der Waals surface area contributed by atoms with Gasteiger partial charge in [0.1, 0.15) is 17.1 Å². The smallest absolute Gasteiger partial charge is 0.295 e. The van der Waals surface area contributed by atoms with Gasteiger partial charge in [0.25, 0.3) is 21.4 Å². The Bertz CT molecular complexity index is 1520. The molecule has 1 saturated heterocycles. The van der Waals surface area contributed by atoms with Crippen molar-refractivity contribution in [1.82, 2.24) is 0 Å². The summed E-state index contributed by atoms with van der Waals surface area (Å²) >= 11 is 0. The first-order chi connectivity index (χ1) is 18.7. The van der Waals surface area contributed by atoms with Gasteiger partial charge in [-0.2, -0.15) is 5.10 Å². The molecule has 0 radical (unpaired) electrons. The third-order valence-corrected chi connectivity index (χ3v) is 7.14. The van der Waals surface area contributed by atoms with Gasteiger partial charge in [0.05, 0.1) is 47.0 Å². The highest BCUT2D eigenvalue weighted by Gasteiger charge is 2.23. The zero-order chi connectivity index (χ0) is 28.0. The number of methoxy groups -OCH3 is 1. The lowest BCUT2D eigenvalue weighted by Crippen LogP contribution is -2.36. The number of hydrazone groups is 1. The Labute approximate surface area is 223 Å². The number of para-hydroxylation sites is 2. The van der Waals surface area contributed by atoms with Crippen LogP contribution in [0.2, 0.25) is 0 Å². The van der Waals surface area contributed by atoms with Crippen LogP contribution in [0, 0.1) is 20.2 Å². The van der Waals surface area contributed by atoms with Crippen molar-refractivity contribution >= 4 is 44.7 Å². The molecule has 204 valence electrons. The van der Waals surface area contributed by atoms with Gasteiger partial charge in [-0.05, 0) is 30.3 Å². The summed E-state index contributed by atoms with van der Waals surface area (Å²) in [6.07, 6.45) is 1.27. The summed E-state index contributed by atoms with van der Waals surface area (Å²) in [6, 6.07) is 14.2. The van der Waals surface area contributed by atoms with Gasteiger partial charge in [-0.3, -0.25) is 30.4 Å². The van der Waals surface area contributed by atoms with E-state index in [1.165, 1.54) is 37.6 Å². The summed E-state index contributed by atoms with van der Waals surface area (Å²) in [5.74, 6) is 0.279. The van der Waals surface area contributed by atoms with Crippen LogP contribution in [-0.4, -0.2) is 57.9 Å². The number of nitrogens with one attached hydrogen (secondary N) is 2. The monoisotopic (exact) mass is 556 g/mol. The molecule has 1 heterocycles. The zero-order valence-corrected chi connectivity index (χ0v) is 21.5. The van der Waals surface area contributed by atoms with E-state index in [1.807, 2.05) is 4.90 Å². The third kappa shape index (κ3) is 6.39. The maximum Gasteiger partial charge on any atom is 0.295 e. The largest absolute Gasteiger partial charge is 0.495 e. The number of ether oxygens (including phenoxy) is 2. The molecular weight excluding hydrogens is 532 g/mol. The Morgan fingerprint density at radius 3 is 2.38 bits per heavy atom. The Morgan fingerprint density at radius 1 is 0.974 bits per heavy atom. The molecule has 2 N–H and O–H groups in total. The number of rotatable bonds is 10. The standard InChI is InChI=1S/C24H24N6O8S/c1-37-24-5-3-2-4-20(24)27-39(35,36)18-7-8-19(22(15-18)29(31)32)26-25-16-17-6-9-21(23(14-17)30(33)34)28-10-12-38-13-11-28/h2-9,14-16,26-27H,10-13H2,1H3. The zero-order valence-electron chi connectivity index (χ0n) is 20.6. The maximum atomic E-state index is 12.9. The molecule has 0 unspecified atom stereocenters. The quantitative estimate of drug-likeness (QED) is 0.213. The molecule has 0 saturated carbocycles. The van der Waals surface area contributed by atoms with Crippen molar-refractivity contribution in [1.29, 1.82) is 0 Å². The van der Waals surface area contributed by atoms with Crippen LogP contribution in [0.3, 0.4) is 0 Å². The van der Waals surface area contributed by atoms with Crippen LogP contribution in [0.5, 0.6) is 5.75 Å². The summed E-state index contributed by atoms with van der Waals surface area (Å²) < 4.78 is 38.6. The van der Waals surface area contributed by atoms with Crippen molar-refractivity contribution in [2.24, 2.45) is 5.10 Å². The van der Waals surface area contributed by atoms with Crippen molar-refractivity contribution in [3.05, 3.63) is 86.5 Å². The molecule has 1 fully saturated rings.